The molecule has 1 rings (SSSR count). The van der Waals surface area contributed by atoms with Crippen molar-refractivity contribution in [2.45, 2.75) is 32.7 Å². The Morgan fingerprint density at radius 1 is 1.50 bits per heavy atom. The summed E-state index contributed by atoms with van der Waals surface area (Å²) in [6.07, 6.45) is 0. The molecule has 1 aromatic rings. The fourth-order valence-electron chi connectivity index (χ4n) is 1.37. The summed E-state index contributed by atoms with van der Waals surface area (Å²) >= 11 is 0. The van der Waals surface area contributed by atoms with Crippen LogP contribution in [0.4, 0.5) is 5.82 Å². The van der Waals surface area contributed by atoms with Crippen LogP contribution in [0.3, 0.4) is 0 Å². The van der Waals surface area contributed by atoms with Gasteiger partial charge in [0.2, 0.25) is 0 Å². The first-order valence-corrected chi connectivity index (χ1v) is 5.39. The molecule has 0 aliphatic carbocycles. The van der Waals surface area contributed by atoms with E-state index in [2.05, 4.69) is 15.3 Å². The van der Waals surface area contributed by atoms with Gasteiger partial charge in [-0.25, -0.2) is 4.98 Å². The lowest BCUT2D eigenvalue weighted by molar-refractivity contribution is 0.190. The standard InChI is InChI=1S/C11H19N3O2/c1-7(2)11-13-9(5-10(15)14-11)12-8(3)6-16-4/h5,7-8H,6H2,1-4H3,(H2,12,13,14,15). The van der Waals surface area contributed by atoms with E-state index in [1.165, 1.54) is 6.07 Å². The van der Waals surface area contributed by atoms with Crippen LogP contribution in [0.2, 0.25) is 0 Å². The number of hydrogen-bond donors (Lipinski definition) is 2. The Labute approximate surface area is 95.3 Å². The molecule has 0 saturated heterocycles. The average Bonchev–Trinajstić information content (AvgIpc) is 2.16. The van der Waals surface area contributed by atoms with Gasteiger partial charge >= 0.3 is 0 Å². The number of aromatic nitrogens is 2. The molecule has 16 heavy (non-hydrogen) atoms. The van der Waals surface area contributed by atoms with E-state index < -0.39 is 0 Å². The summed E-state index contributed by atoms with van der Waals surface area (Å²) in [5.74, 6) is 1.49. The van der Waals surface area contributed by atoms with E-state index in [0.29, 0.717) is 18.2 Å². The maximum Gasteiger partial charge on any atom is 0.252 e. The topological polar surface area (TPSA) is 67.0 Å². The van der Waals surface area contributed by atoms with Crippen LogP contribution in [0, 0.1) is 0 Å². The molecule has 0 saturated carbocycles. The number of H-pyrrole nitrogens is 1. The molecular formula is C11H19N3O2. The second kappa shape index (κ2) is 5.65. The molecule has 5 nitrogen and oxygen atoms in total. The third-order valence-corrected chi connectivity index (χ3v) is 2.12. The lowest BCUT2D eigenvalue weighted by Gasteiger charge is -2.14. The van der Waals surface area contributed by atoms with Crippen molar-refractivity contribution in [3.05, 3.63) is 22.2 Å². The molecule has 1 aromatic heterocycles. The average molecular weight is 225 g/mol. The SMILES string of the molecule is COCC(C)Nc1cc(=O)[nH]c(C(C)C)n1. The number of rotatable bonds is 5. The molecule has 0 aliphatic rings. The molecule has 1 heterocycles. The zero-order valence-electron chi connectivity index (χ0n) is 10.2. The van der Waals surface area contributed by atoms with Gasteiger partial charge in [0.15, 0.2) is 0 Å². The van der Waals surface area contributed by atoms with Crippen LogP contribution in [0.5, 0.6) is 0 Å². The third kappa shape index (κ3) is 3.66. The minimum absolute atomic E-state index is 0.124. The van der Waals surface area contributed by atoms with Gasteiger partial charge in [-0.05, 0) is 6.92 Å². The summed E-state index contributed by atoms with van der Waals surface area (Å²) in [6.45, 7) is 6.52. The molecule has 0 amide bonds. The van der Waals surface area contributed by atoms with Crippen molar-refractivity contribution in [2.75, 3.05) is 19.0 Å². The second-order valence-corrected chi connectivity index (χ2v) is 4.17. The molecule has 1 unspecified atom stereocenters. The van der Waals surface area contributed by atoms with Gasteiger partial charge < -0.3 is 15.0 Å². The summed E-state index contributed by atoms with van der Waals surface area (Å²) < 4.78 is 5.01. The highest BCUT2D eigenvalue weighted by molar-refractivity contribution is 5.34. The summed E-state index contributed by atoms with van der Waals surface area (Å²) in [5, 5.41) is 3.12. The minimum Gasteiger partial charge on any atom is -0.383 e. The van der Waals surface area contributed by atoms with Gasteiger partial charge in [-0.15, -0.1) is 0 Å². The number of anilines is 1. The monoisotopic (exact) mass is 225 g/mol. The molecule has 0 radical (unpaired) electrons. The Kier molecular flexibility index (Phi) is 4.49. The zero-order valence-corrected chi connectivity index (χ0v) is 10.2. The van der Waals surface area contributed by atoms with Gasteiger partial charge in [-0.3, -0.25) is 4.79 Å². The van der Waals surface area contributed by atoms with E-state index in [1.807, 2.05) is 20.8 Å². The summed E-state index contributed by atoms with van der Waals surface area (Å²) in [7, 11) is 1.64. The third-order valence-electron chi connectivity index (χ3n) is 2.12. The lowest BCUT2D eigenvalue weighted by atomic mass is 10.2. The Morgan fingerprint density at radius 3 is 2.75 bits per heavy atom. The van der Waals surface area contributed by atoms with Gasteiger partial charge in [0, 0.05) is 25.1 Å². The van der Waals surface area contributed by atoms with Crippen molar-refractivity contribution < 1.29 is 4.74 Å². The first kappa shape index (κ1) is 12.7. The van der Waals surface area contributed by atoms with E-state index in [1.54, 1.807) is 7.11 Å². The Balaban J connectivity index is 2.84. The van der Waals surface area contributed by atoms with Gasteiger partial charge in [0.05, 0.1) is 6.61 Å². The maximum absolute atomic E-state index is 11.4. The van der Waals surface area contributed by atoms with Crippen molar-refractivity contribution >= 4 is 5.82 Å². The summed E-state index contributed by atoms with van der Waals surface area (Å²) in [6, 6.07) is 1.58. The highest BCUT2D eigenvalue weighted by Crippen LogP contribution is 2.09. The van der Waals surface area contributed by atoms with E-state index in [9.17, 15) is 4.79 Å². The highest BCUT2D eigenvalue weighted by atomic mass is 16.5. The first-order valence-electron chi connectivity index (χ1n) is 5.39. The number of ether oxygens (including phenoxy) is 1. The number of hydrogen-bond acceptors (Lipinski definition) is 4. The van der Waals surface area contributed by atoms with Crippen LogP contribution in [0.25, 0.3) is 0 Å². The van der Waals surface area contributed by atoms with Crippen LogP contribution in [0.15, 0.2) is 10.9 Å². The predicted molar refractivity (Wildman–Crippen MR) is 63.9 cm³/mol. The number of aromatic amines is 1. The number of methoxy groups -OCH3 is 1. The van der Waals surface area contributed by atoms with Crippen LogP contribution in [0.1, 0.15) is 32.5 Å². The Morgan fingerprint density at radius 2 is 2.19 bits per heavy atom. The summed E-state index contributed by atoms with van der Waals surface area (Å²) in [5.41, 5.74) is -0.134. The van der Waals surface area contributed by atoms with Crippen molar-refractivity contribution in [2.24, 2.45) is 0 Å². The molecule has 0 aromatic carbocycles. The summed E-state index contributed by atoms with van der Waals surface area (Å²) in [4.78, 5) is 18.4. The lowest BCUT2D eigenvalue weighted by Crippen LogP contribution is -2.23. The van der Waals surface area contributed by atoms with Crippen LogP contribution in [-0.2, 0) is 4.74 Å². The van der Waals surface area contributed by atoms with Crippen LogP contribution < -0.4 is 10.9 Å². The quantitative estimate of drug-likeness (QED) is 0.793. The van der Waals surface area contributed by atoms with Crippen molar-refractivity contribution in [3.63, 3.8) is 0 Å². The molecule has 1 atom stereocenters. The predicted octanol–water partition coefficient (Wildman–Crippen LogP) is 1.34. The molecule has 90 valence electrons. The van der Waals surface area contributed by atoms with Crippen molar-refractivity contribution in [3.8, 4) is 0 Å². The van der Waals surface area contributed by atoms with Crippen molar-refractivity contribution in [1.29, 1.82) is 0 Å². The van der Waals surface area contributed by atoms with E-state index >= 15 is 0 Å². The maximum atomic E-state index is 11.4. The first-order chi connectivity index (χ1) is 7.52. The molecular weight excluding hydrogens is 206 g/mol. The normalized spacial score (nSPS) is 12.8. The van der Waals surface area contributed by atoms with Gasteiger partial charge in [-0.1, -0.05) is 13.8 Å². The highest BCUT2D eigenvalue weighted by Gasteiger charge is 2.07. The number of nitrogens with one attached hydrogen (secondary N) is 2. The fourth-order valence-corrected chi connectivity index (χ4v) is 1.37. The Hall–Kier alpha value is -1.36. The van der Waals surface area contributed by atoms with E-state index in [-0.39, 0.29) is 17.5 Å². The fraction of sp³-hybridized carbons (Fsp3) is 0.636. The van der Waals surface area contributed by atoms with Gasteiger partial charge in [-0.2, -0.15) is 0 Å². The van der Waals surface area contributed by atoms with E-state index in [0.717, 1.165) is 0 Å². The van der Waals surface area contributed by atoms with Crippen molar-refractivity contribution in [1.82, 2.24) is 9.97 Å². The smallest absolute Gasteiger partial charge is 0.252 e. The molecule has 5 heteroatoms. The van der Waals surface area contributed by atoms with E-state index in [4.69, 9.17) is 4.74 Å². The molecule has 0 spiro atoms. The van der Waals surface area contributed by atoms with Gasteiger partial charge in [0.1, 0.15) is 11.6 Å². The second-order valence-electron chi connectivity index (χ2n) is 4.17. The number of nitrogens with zero attached hydrogens (tertiary/aromatic N) is 1. The molecule has 0 aliphatic heterocycles. The van der Waals surface area contributed by atoms with Crippen LogP contribution in [-0.4, -0.2) is 29.7 Å². The zero-order chi connectivity index (χ0) is 12.1. The Bertz CT molecular complexity index is 387. The molecule has 0 fully saturated rings. The van der Waals surface area contributed by atoms with Crippen LogP contribution >= 0.6 is 0 Å². The van der Waals surface area contributed by atoms with Gasteiger partial charge in [0.25, 0.3) is 5.56 Å². The molecule has 0 bridgehead atoms. The molecule has 2 N–H and O–H groups in total. The largest absolute Gasteiger partial charge is 0.383 e. The minimum atomic E-state index is -0.134.